The Labute approximate surface area is 123 Å². The molecule has 1 aliphatic carbocycles. The summed E-state index contributed by atoms with van der Waals surface area (Å²) in [6.07, 6.45) is 3.88. The molecule has 2 unspecified atom stereocenters. The molecule has 0 aromatic heterocycles. The fraction of sp³-hybridized carbons (Fsp3) is 0.647. The first-order valence-corrected chi connectivity index (χ1v) is 7.94. The molecule has 0 heterocycles. The van der Waals surface area contributed by atoms with Gasteiger partial charge in [0.15, 0.2) is 0 Å². The molecule has 112 valence electrons. The normalized spacial score (nSPS) is 22.4. The average Bonchev–Trinajstić information content (AvgIpc) is 2.95. The highest BCUT2D eigenvalue weighted by atomic mass is 16.5. The number of para-hydroxylation sites is 1. The Kier molecular flexibility index (Phi) is 5.86. The van der Waals surface area contributed by atoms with Gasteiger partial charge in [-0.1, -0.05) is 31.5 Å². The quantitative estimate of drug-likeness (QED) is 0.832. The molecule has 0 amide bonds. The monoisotopic (exact) mass is 276 g/mol. The predicted molar refractivity (Wildman–Crippen MR) is 83.9 cm³/mol. The molecule has 3 nitrogen and oxygen atoms in total. The minimum Gasteiger partial charge on any atom is -0.494 e. The van der Waals surface area contributed by atoms with Crippen molar-refractivity contribution in [2.75, 3.05) is 19.7 Å². The van der Waals surface area contributed by atoms with Crippen molar-refractivity contribution in [1.29, 1.82) is 0 Å². The molecule has 0 aliphatic heterocycles. The summed E-state index contributed by atoms with van der Waals surface area (Å²) in [5, 5.41) is 0. The summed E-state index contributed by atoms with van der Waals surface area (Å²) in [4.78, 5) is 2.57. The average molecular weight is 276 g/mol. The van der Waals surface area contributed by atoms with Crippen molar-refractivity contribution in [1.82, 2.24) is 4.90 Å². The maximum Gasteiger partial charge on any atom is 0.123 e. The van der Waals surface area contributed by atoms with Gasteiger partial charge in [-0.2, -0.15) is 0 Å². The number of ether oxygens (including phenoxy) is 1. The van der Waals surface area contributed by atoms with Crippen LogP contribution >= 0.6 is 0 Å². The van der Waals surface area contributed by atoms with Crippen LogP contribution in [0.4, 0.5) is 0 Å². The summed E-state index contributed by atoms with van der Waals surface area (Å²) >= 11 is 0. The minimum atomic E-state index is 0.639. The summed E-state index contributed by atoms with van der Waals surface area (Å²) in [5.74, 6) is 1.69. The molecule has 0 saturated heterocycles. The second-order valence-electron chi connectivity index (χ2n) is 5.60. The molecule has 3 heteroatoms. The third kappa shape index (κ3) is 3.53. The summed E-state index contributed by atoms with van der Waals surface area (Å²) in [6, 6.07) is 9.03. The van der Waals surface area contributed by atoms with Crippen LogP contribution < -0.4 is 10.5 Å². The molecule has 1 aromatic rings. The lowest BCUT2D eigenvalue weighted by molar-refractivity contribution is 0.160. The number of nitrogens with zero attached hydrogens (tertiary/aromatic N) is 1. The molecular weight excluding hydrogens is 248 g/mol. The van der Waals surface area contributed by atoms with Crippen LogP contribution in [-0.4, -0.2) is 30.6 Å². The number of rotatable bonds is 7. The summed E-state index contributed by atoms with van der Waals surface area (Å²) in [5.41, 5.74) is 7.23. The van der Waals surface area contributed by atoms with Crippen molar-refractivity contribution in [2.24, 2.45) is 11.7 Å². The maximum atomic E-state index is 5.94. The van der Waals surface area contributed by atoms with Gasteiger partial charge < -0.3 is 10.5 Å². The van der Waals surface area contributed by atoms with E-state index in [9.17, 15) is 0 Å². The van der Waals surface area contributed by atoms with E-state index in [0.717, 1.165) is 32.0 Å². The lowest BCUT2D eigenvalue weighted by atomic mass is 10.0. The van der Waals surface area contributed by atoms with Gasteiger partial charge >= 0.3 is 0 Å². The smallest absolute Gasteiger partial charge is 0.123 e. The van der Waals surface area contributed by atoms with Gasteiger partial charge in [-0.15, -0.1) is 0 Å². The highest BCUT2D eigenvalue weighted by Gasteiger charge is 2.30. The lowest BCUT2D eigenvalue weighted by Crippen LogP contribution is -2.39. The van der Waals surface area contributed by atoms with Crippen LogP contribution in [0.15, 0.2) is 24.3 Å². The van der Waals surface area contributed by atoms with E-state index >= 15 is 0 Å². The van der Waals surface area contributed by atoms with E-state index in [-0.39, 0.29) is 0 Å². The summed E-state index contributed by atoms with van der Waals surface area (Å²) in [6.45, 7) is 7.85. The molecule has 0 bridgehead atoms. The van der Waals surface area contributed by atoms with Gasteiger partial charge in [0.05, 0.1) is 6.61 Å². The maximum absolute atomic E-state index is 5.94. The van der Waals surface area contributed by atoms with E-state index in [1.54, 1.807) is 0 Å². The lowest BCUT2D eigenvalue weighted by Gasteiger charge is -2.32. The molecule has 1 aliphatic rings. The molecule has 20 heavy (non-hydrogen) atoms. The molecule has 2 rings (SSSR count). The molecule has 2 N–H and O–H groups in total. The van der Waals surface area contributed by atoms with Gasteiger partial charge in [0.25, 0.3) is 0 Å². The zero-order valence-electron chi connectivity index (χ0n) is 12.8. The molecule has 0 spiro atoms. The Balaban J connectivity index is 2.10. The Hall–Kier alpha value is -1.06. The van der Waals surface area contributed by atoms with E-state index in [1.165, 1.54) is 24.8 Å². The van der Waals surface area contributed by atoms with E-state index in [0.29, 0.717) is 12.0 Å². The van der Waals surface area contributed by atoms with Gasteiger partial charge in [0, 0.05) is 18.2 Å². The van der Waals surface area contributed by atoms with Gasteiger partial charge in [-0.05, 0) is 44.8 Å². The second-order valence-corrected chi connectivity index (χ2v) is 5.60. The van der Waals surface area contributed by atoms with Crippen molar-refractivity contribution in [3.63, 3.8) is 0 Å². The highest BCUT2D eigenvalue weighted by Crippen LogP contribution is 2.31. The number of benzene rings is 1. The topological polar surface area (TPSA) is 38.5 Å². The standard InChI is InChI=1S/C17H28N2O/c1-3-19(16-10-7-9-14(16)12-18)13-15-8-5-6-11-17(15)20-4-2/h5-6,8,11,14,16H,3-4,7,9-10,12-13,18H2,1-2H3. The van der Waals surface area contributed by atoms with Crippen molar-refractivity contribution >= 4 is 0 Å². The summed E-state index contributed by atoms with van der Waals surface area (Å²) in [7, 11) is 0. The SMILES string of the molecule is CCOc1ccccc1CN(CC)C1CCCC1CN. The fourth-order valence-electron chi connectivity index (χ4n) is 3.39. The Morgan fingerprint density at radius 1 is 1.25 bits per heavy atom. The first-order valence-electron chi connectivity index (χ1n) is 7.94. The second kappa shape index (κ2) is 7.65. The predicted octanol–water partition coefficient (Wildman–Crippen LogP) is 3.03. The van der Waals surface area contributed by atoms with Crippen molar-refractivity contribution in [2.45, 2.75) is 45.7 Å². The van der Waals surface area contributed by atoms with E-state index in [2.05, 4.69) is 30.0 Å². The third-order valence-corrected chi connectivity index (χ3v) is 4.44. The van der Waals surface area contributed by atoms with Crippen LogP contribution in [0.2, 0.25) is 0 Å². The van der Waals surface area contributed by atoms with Crippen LogP contribution in [0.1, 0.15) is 38.7 Å². The van der Waals surface area contributed by atoms with Crippen molar-refractivity contribution in [3.8, 4) is 5.75 Å². The van der Waals surface area contributed by atoms with E-state index < -0.39 is 0 Å². The zero-order valence-corrected chi connectivity index (χ0v) is 12.8. The Bertz CT molecular complexity index is 408. The largest absolute Gasteiger partial charge is 0.494 e. The van der Waals surface area contributed by atoms with Gasteiger partial charge in [0.1, 0.15) is 5.75 Å². The van der Waals surface area contributed by atoms with Gasteiger partial charge in [-0.25, -0.2) is 0 Å². The molecule has 1 aromatic carbocycles. The van der Waals surface area contributed by atoms with Crippen molar-refractivity contribution in [3.05, 3.63) is 29.8 Å². The minimum absolute atomic E-state index is 0.639. The Morgan fingerprint density at radius 3 is 2.75 bits per heavy atom. The van der Waals surface area contributed by atoms with Crippen molar-refractivity contribution < 1.29 is 4.74 Å². The van der Waals surface area contributed by atoms with E-state index in [4.69, 9.17) is 10.5 Å². The van der Waals surface area contributed by atoms with Gasteiger partial charge in [0.2, 0.25) is 0 Å². The zero-order chi connectivity index (χ0) is 14.4. The van der Waals surface area contributed by atoms with E-state index in [1.807, 2.05) is 13.0 Å². The van der Waals surface area contributed by atoms with Crippen LogP contribution in [0.3, 0.4) is 0 Å². The third-order valence-electron chi connectivity index (χ3n) is 4.44. The molecule has 0 radical (unpaired) electrons. The number of hydrogen-bond acceptors (Lipinski definition) is 3. The highest BCUT2D eigenvalue weighted by molar-refractivity contribution is 5.33. The molecule has 2 atom stereocenters. The van der Waals surface area contributed by atoms with Crippen LogP contribution in [0, 0.1) is 5.92 Å². The van der Waals surface area contributed by atoms with Gasteiger partial charge in [-0.3, -0.25) is 4.90 Å². The first-order chi connectivity index (χ1) is 9.80. The fourth-order valence-corrected chi connectivity index (χ4v) is 3.39. The Morgan fingerprint density at radius 2 is 2.05 bits per heavy atom. The van der Waals surface area contributed by atoms with Crippen LogP contribution in [0.25, 0.3) is 0 Å². The molecular formula is C17H28N2O. The van der Waals surface area contributed by atoms with Crippen LogP contribution in [0.5, 0.6) is 5.75 Å². The number of nitrogens with two attached hydrogens (primary N) is 1. The molecule has 1 saturated carbocycles. The first kappa shape index (κ1) is 15.3. The molecule has 1 fully saturated rings. The van der Waals surface area contributed by atoms with Crippen LogP contribution in [-0.2, 0) is 6.54 Å². The summed E-state index contributed by atoms with van der Waals surface area (Å²) < 4.78 is 5.75. The number of hydrogen-bond donors (Lipinski definition) is 1.